The molecule has 1 aromatic carbocycles. The smallest absolute Gasteiger partial charge is 0.200 e. The zero-order chi connectivity index (χ0) is 16.2. The Kier molecular flexibility index (Phi) is 4.52. The number of pyridine rings is 1. The lowest BCUT2D eigenvalue weighted by atomic mass is 10.1. The first-order valence-corrected chi connectivity index (χ1v) is 8.06. The van der Waals surface area contributed by atoms with E-state index in [1.165, 1.54) is 0 Å². The summed E-state index contributed by atoms with van der Waals surface area (Å²) in [5.41, 5.74) is 2.18. The maximum atomic E-state index is 12.7. The summed E-state index contributed by atoms with van der Waals surface area (Å²) < 4.78 is 2.24. The second-order valence-electron chi connectivity index (χ2n) is 5.35. The van der Waals surface area contributed by atoms with Gasteiger partial charge in [0.2, 0.25) is 0 Å². The van der Waals surface area contributed by atoms with Gasteiger partial charge in [0.15, 0.2) is 16.0 Å². The molecule has 0 amide bonds. The van der Waals surface area contributed by atoms with E-state index < -0.39 is 0 Å². The molecule has 6 heteroatoms. The molecular weight excluding hydrogens is 308 g/mol. The van der Waals surface area contributed by atoms with Crippen LogP contribution in [0.5, 0.6) is 0 Å². The maximum absolute atomic E-state index is 12.7. The van der Waals surface area contributed by atoms with E-state index in [4.69, 9.17) is 12.2 Å². The van der Waals surface area contributed by atoms with Crippen LogP contribution in [0.15, 0.2) is 47.5 Å². The van der Waals surface area contributed by atoms with Crippen LogP contribution in [0.1, 0.15) is 25.3 Å². The number of nitrogens with one attached hydrogen (secondary N) is 2. The summed E-state index contributed by atoms with van der Waals surface area (Å²) in [5.74, 6) is 0.529. The van der Waals surface area contributed by atoms with Gasteiger partial charge in [0.25, 0.3) is 0 Å². The quantitative estimate of drug-likeness (QED) is 0.704. The van der Waals surface area contributed by atoms with Gasteiger partial charge in [-0.2, -0.15) is 5.10 Å². The van der Waals surface area contributed by atoms with Gasteiger partial charge in [-0.3, -0.25) is 14.5 Å². The number of aryl methyl sites for hydroxylation is 1. The molecule has 5 nitrogen and oxygen atoms in total. The third-order valence-corrected chi connectivity index (χ3v) is 4.02. The Morgan fingerprint density at radius 3 is 2.74 bits per heavy atom. The molecule has 0 fully saturated rings. The minimum atomic E-state index is 0.00313. The fraction of sp³-hybridized carbons (Fsp3) is 0.235. The molecule has 2 heterocycles. The number of benzene rings is 1. The van der Waals surface area contributed by atoms with Crippen molar-refractivity contribution in [3.05, 3.63) is 63.3 Å². The minimum absolute atomic E-state index is 0.00313. The first-order valence-electron chi connectivity index (χ1n) is 7.65. The predicted octanol–water partition coefficient (Wildman–Crippen LogP) is 3.63. The highest BCUT2D eigenvalue weighted by atomic mass is 32.1. The maximum Gasteiger partial charge on any atom is 0.200 e. The van der Waals surface area contributed by atoms with Gasteiger partial charge < -0.3 is 4.98 Å². The number of aromatic nitrogens is 4. The van der Waals surface area contributed by atoms with Crippen LogP contribution in [0.3, 0.4) is 0 Å². The largest absolute Gasteiger partial charge is 0.366 e. The molecule has 3 rings (SSSR count). The Labute approximate surface area is 139 Å². The SMILES string of the molecule is CCCCc1c[nH]cc(-c2n[nH]c(=S)n2-c2ccccc2)c1=O. The number of H-pyrrole nitrogens is 2. The van der Waals surface area contributed by atoms with Crippen molar-refractivity contribution >= 4 is 12.2 Å². The van der Waals surface area contributed by atoms with E-state index in [1.807, 2.05) is 30.3 Å². The molecule has 2 aromatic heterocycles. The van der Waals surface area contributed by atoms with Crippen LogP contribution in [0, 0.1) is 4.77 Å². The average Bonchev–Trinajstić information content (AvgIpc) is 2.96. The van der Waals surface area contributed by atoms with Gasteiger partial charge in [-0.05, 0) is 37.2 Å². The summed E-state index contributed by atoms with van der Waals surface area (Å²) in [6, 6.07) is 9.66. The lowest BCUT2D eigenvalue weighted by molar-refractivity contribution is 0.788. The second kappa shape index (κ2) is 6.75. The predicted molar refractivity (Wildman–Crippen MR) is 93.4 cm³/mol. The second-order valence-corrected chi connectivity index (χ2v) is 5.74. The molecule has 0 saturated carbocycles. The number of para-hydroxylation sites is 1. The van der Waals surface area contributed by atoms with Gasteiger partial charge in [-0.15, -0.1) is 0 Å². The van der Waals surface area contributed by atoms with E-state index >= 15 is 0 Å². The van der Waals surface area contributed by atoms with Crippen molar-refractivity contribution in [2.75, 3.05) is 0 Å². The van der Waals surface area contributed by atoms with Crippen LogP contribution in [-0.2, 0) is 6.42 Å². The summed E-state index contributed by atoms with van der Waals surface area (Å²) in [6.45, 7) is 2.11. The van der Waals surface area contributed by atoms with Crippen LogP contribution >= 0.6 is 12.2 Å². The Morgan fingerprint density at radius 1 is 1.22 bits per heavy atom. The molecule has 0 bridgehead atoms. The first-order chi connectivity index (χ1) is 11.2. The molecule has 0 saturated heterocycles. The van der Waals surface area contributed by atoms with Gasteiger partial charge in [0.05, 0.1) is 5.56 Å². The highest BCUT2D eigenvalue weighted by Crippen LogP contribution is 2.18. The number of aromatic amines is 2. The summed E-state index contributed by atoms with van der Waals surface area (Å²) >= 11 is 5.33. The van der Waals surface area contributed by atoms with E-state index in [2.05, 4.69) is 22.1 Å². The number of hydrogen-bond acceptors (Lipinski definition) is 3. The molecule has 0 spiro atoms. The van der Waals surface area contributed by atoms with E-state index in [9.17, 15) is 4.79 Å². The zero-order valence-corrected chi connectivity index (χ0v) is 13.7. The number of nitrogens with zero attached hydrogens (tertiary/aromatic N) is 2. The van der Waals surface area contributed by atoms with Crippen molar-refractivity contribution in [2.24, 2.45) is 0 Å². The molecule has 0 aliphatic carbocycles. The van der Waals surface area contributed by atoms with Crippen LogP contribution in [0.2, 0.25) is 0 Å². The van der Waals surface area contributed by atoms with Crippen LogP contribution < -0.4 is 5.43 Å². The van der Waals surface area contributed by atoms with Crippen molar-refractivity contribution in [3.63, 3.8) is 0 Å². The Hall–Kier alpha value is -2.47. The Morgan fingerprint density at radius 2 is 2.00 bits per heavy atom. The zero-order valence-electron chi connectivity index (χ0n) is 12.9. The summed E-state index contributed by atoms with van der Waals surface area (Å²) in [5, 5.41) is 7.06. The first kappa shape index (κ1) is 15.4. The Balaban J connectivity index is 2.15. The molecule has 0 atom stereocenters. The van der Waals surface area contributed by atoms with Gasteiger partial charge >= 0.3 is 0 Å². The number of hydrogen-bond donors (Lipinski definition) is 2. The lowest BCUT2D eigenvalue weighted by Gasteiger charge is -2.07. The molecule has 2 N–H and O–H groups in total. The van der Waals surface area contributed by atoms with E-state index in [0.29, 0.717) is 16.2 Å². The highest BCUT2D eigenvalue weighted by Gasteiger charge is 2.15. The minimum Gasteiger partial charge on any atom is -0.366 e. The monoisotopic (exact) mass is 326 g/mol. The van der Waals surface area contributed by atoms with Crippen molar-refractivity contribution in [1.29, 1.82) is 0 Å². The van der Waals surface area contributed by atoms with Crippen molar-refractivity contribution in [3.8, 4) is 17.1 Å². The molecule has 0 aliphatic rings. The van der Waals surface area contributed by atoms with Crippen LogP contribution in [0.25, 0.3) is 17.1 Å². The van der Waals surface area contributed by atoms with Crippen LogP contribution in [0.4, 0.5) is 0 Å². The molecule has 0 radical (unpaired) electrons. The van der Waals surface area contributed by atoms with Crippen molar-refractivity contribution < 1.29 is 0 Å². The highest BCUT2D eigenvalue weighted by molar-refractivity contribution is 7.71. The Bertz CT molecular complexity index is 908. The van der Waals surface area contributed by atoms with Crippen molar-refractivity contribution in [2.45, 2.75) is 26.2 Å². The summed E-state index contributed by atoms with van der Waals surface area (Å²) in [6.07, 6.45) is 6.25. The molecule has 0 unspecified atom stereocenters. The topological polar surface area (TPSA) is 66.5 Å². The summed E-state index contributed by atoms with van der Waals surface area (Å²) in [7, 11) is 0. The molecule has 23 heavy (non-hydrogen) atoms. The molecule has 3 aromatic rings. The van der Waals surface area contributed by atoms with Crippen LogP contribution in [-0.4, -0.2) is 19.7 Å². The third kappa shape index (κ3) is 3.03. The van der Waals surface area contributed by atoms with E-state index in [0.717, 1.165) is 30.5 Å². The van der Waals surface area contributed by atoms with Crippen molar-refractivity contribution in [1.82, 2.24) is 19.7 Å². The lowest BCUT2D eigenvalue weighted by Crippen LogP contribution is -2.14. The molecule has 0 aliphatic heterocycles. The number of rotatable bonds is 5. The normalized spacial score (nSPS) is 10.8. The molecule has 118 valence electrons. The average molecular weight is 326 g/mol. The van der Waals surface area contributed by atoms with Gasteiger partial charge in [0, 0.05) is 23.6 Å². The van der Waals surface area contributed by atoms with Gasteiger partial charge in [-0.25, -0.2) is 0 Å². The van der Waals surface area contributed by atoms with Gasteiger partial charge in [0.1, 0.15) is 0 Å². The van der Waals surface area contributed by atoms with E-state index in [1.54, 1.807) is 17.0 Å². The fourth-order valence-electron chi connectivity index (χ4n) is 2.54. The number of unbranched alkanes of at least 4 members (excludes halogenated alkanes) is 1. The fourth-order valence-corrected chi connectivity index (χ4v) is 2.78. The molecular formula is C17H18N4OS. The standard InChI is InChI=1S/C17H18N4OS/c1-2-3-7-12-10-18-11-14(15(12)22)16-19-20-17(23)21(16)13-8-5-4-6-9-13/h4-6,8-11H,2-3,7H2,1H3,(H,18,22)(H,20,23). The van der Waals surface area contributed by atoms with E-state index in [-0.39, 0.29) is 5.43 Å². The third-order valence-electron chi connectivity index (χ3n) is 3.75. The summed E-state index contributed by atoms with van der Waals surface area (Å²) in [4.78, 5) is 15.8. The van der Waals surface area contributed by atoms with Gasteiger partial charge in [-0.1, -0.05) is 31.5 Å².